The minimum atomic E-state index is -1.00. The van der Waals surface area contributed by atoms with E-state index >= 15 is 0 Å². The van der Waals surface area contributed by atoms with Crippen LogP contribution in [0.25, 0.3) is 0 Å². The maximum absolute atomic E-state index is 10.8. The Morgan fingerprint density at radius 2 is 1.43 bits per heavy atom. The number of ether oxygens (including phenoxy) is 1. The molecule has 2 aromatic rings. The normalized spacial score (nSPS) is 14.1. The van der Waals surface area contributed by atoms with E-state index in [1.54, 1.807) is 0 Å². The van der Waals surface area contributed by atoms with Gasteiger partial charge in [-0.25, -0.2) is 0 Å². The Morgan fingerprint density at radius 3 is 1.95 bits per heavy atom. The van der Waals surface area contributed by atoms with Gasteiger partial charge in [-0.05, 0) is 25.2 Å². The van der Waals surface area contributed by atoms with Gasteiger partial charge in [0.2, 0.25) is 0 Å². The minimum absolute atomic E-state index is 0.268. The van der Waals surface area contributed by atoms with Crippen LogP contribution in [-0.2, 0) is 17.8 Å². The summed E-state index contributed by atoms with van der Waals surface area (Å²) in [5.74, 6) is 0. The Hall–Kier alpha value is -1.68. The molecule has 1 unspecified atom stereocenters. The number of aliphatic hydroxyl groups is 1. The lowest BCUT2D eigenvalue weighted by Crippen LogP contribution is -2.50. The first kappa shape index (κ1) is 15.7. The molecule has 3 heteroatoms. The smallest absolute Gasteiger partial charge is 0.145 e. The largest absolute Gasteiger partial charge is 0.373 e. The van der Waals surface area contributed by atoms with Crippen LogP contribution in [0.2, 0.25) is 0 Å². The summed E-state index contributed by atoms with van der Waals surface area (Å²) < 4.78 is 5.73. The topological polar surface area (TPSA) is 32.7 Å². The summed E-state index contributed by atoms with van der Waals surface area (Å²) in [6, 6.07) is 20.0. The van der Waals surface area contributed by atoms with Crippen LogP contribution in [0.5, 0.6) is 0 Å². The van der Waals surface area contributed by atoms with E-state index in [2.05, 4.69) is 0 Å². The molecule has 2 aromatic carbocycles. The average Bonchev–Trinajstić information content (AvgIpc) is 2.49. The van der Waals surface area contributed by atoms with Crippen molar-refractivity contribution in [2.45, 2.75) is 18.8 Å². The molecule has 0 aliphatic heterocycles. The highest BCUT2D eigenvalue weighted by Gasteiger charge is 2.30. The molecular formula is C18H23NO2. The van der Waals surface area contributed by atoms with Crippen molar-refractivity contribution < 1.29 is 9.84 Å². The number of likely N-dealkylation sites (N-methyl/N-ethyl adjacent to an activating group) is 1. The van der Waals surface area contributed by atoms with Crippen LogP contribution in [0.4, 0.5) is 0 Å². The van der Waals surface area contributed by atoms with E-state index in [-0.39, 0.29) is 6.61 Å². The molecular weight excluding hydrogens is 262 g/mol. The van der Waals surface area contributed by atoms with Gasteiger partial charge in [-0.2, -0.15) is 0 Å². The van der Waals surface area contributed by atoms with Crippen LogP contribution >= 0.6 is 0 Å². The zero-order valence-corrected chi connectivity index (χ0v) is 12.7. The lowest BCUT2D eigenvalue weighted by atomic mass is 10.0. The zero-order chi connectivity index (χ0) is 15.1. The fourth-order valence-electron chi connectivity index (χ4n) is 2.17. The van der Waals surface area contributed by atoms with E-state index in [0.29, 0.717) is 13.0 Å². The summed E-state index contributed by atoms with van der Waals surface area (Å²) >= 11 is 0. The Balaban J connectivity index is 1.95. The molecule has 0 aliphatic rings. The zero-order valence-electron chi connectivity index (χ0n) is 12.7. The van der Waals surface area contributed by atoms with Crippen LogP contribution in [0.3, 0.4) is 0 Å². The lowest BCUT2D eigenvalue weighted by Gasteiger charge is -2.34. The van der Waals surface area contributed by atoms with Gasteiger partial charge < -0.3 is 9.84 Å². The highest BCUT2D eigenvalue weighted by molar-refractivity contribution is 5.17. The van der Waals surface area contributed by atoms with Crippen LogP contribution in [-0.4, -0.2) is 36.4 Å². The van der Waals surface area contributed by atoms with Crippen molar-refractivity contribution in [1.29, 1.82) is 0 Å². The molecule has 0 radical (unpaired) electrons. The Labute approximate surface area is 126 Å². The molecule has 112 valence electrons. The molecule has 0 spiro atoms. The van der Waals surface area contributed by atoms with Gasteiger partial charge in [-0.1, -0.05) is 60.7 Å². The predicted octanol–water partition coefficient (Wildman–Crippen LogP) is 2.70. The van der Waals surface area contributed by atoms with E-state index in [4.69, 9.17) is 4.74 Å². The minimum Gasteiger partial charge on any atom is -0.373 e. The van der Waals surface area contributed by atoms with E-state index in [9.17, 15) is 5.11 Å². The Bertz CT molecular complexity index is 527. The maximum atomic E-state index is 10.8. The van der Waals surface area contributed by atoms with Crippen LogP contribution in [0.1, 0.15) is 11.1 Å². The standard InChI is InChI=1S/C18H23NO2/c1-19(2)18(20,13-16-9-5-3-6-10-16)15-21-14-17-11-7-4-8-12-17/h3-12,20H,13-15H2,1-2H3. The number of rotatable bonds is 7. The molecule has 0 saturated heterocycles. The third-order valence-electron chi connectivity index (χ3n) is 3.61. The molecule has 0 fully saturated rings. The number of nitrogens with zero attached hydrogens (tertiary/aromatic N) is 1. The van der Waals surface area contributed by atoms with Crippen molar-refractivity contribution in [3.63, 3.8) is 0 Å². The third kappa shape index (κ3) is 4.67. The number of hydrogen-bond acceptors (Lipinski definition) is 3. The highest BCUT2D eigenvalue weighted by atomic mass is 16.5. The van der Waals surface area contributed by atoms with Crippen molar-refractivity contribution >= 4 is 0 Å². The molecule has 3 nitrogen and oxygen atoms in total. The quantitative estimate of drug-likeness (QED) is 0.794. The van der Waals surface area contributed by atoms with Crippen molar-refractivity contribution in [2.75, 3.05) is 20.7 Å². The van der Waals surface area contributed by atoms with Gasteiger partial charge in [0.1, 0.15) is 5.72 Å². The molecule has 0 amide bonds. The first-order valence-corrected chi connectivity index (χ1v) is 7.15. The van der Waals surface area contributed by atoms with E-state index in [0.717, 1.165) is 11.1 Å². The fraction of sp³-hybridized carbons (Fsp3) is 0.333. The Kier molecular flexibility index (Phi) is 5.51. The van der Waals surface area contributed by atoms with Crippen LogP contribution < -0.4 is 0 Å². The highest BCUT2D eigenvalue weighted by Crippen LogP contribution is 2.17. The molecule has 1 N–H and O–H groups in total. The van der Waals surface area contributed by atoms with Gasteiger partial charge in [-0.15, -0.1) is 0 Å². The van der Waals surface area contributed by atoms with Gasteiger partial charge in [0.05, 0.1) is 13.2 Å². The summed E-state index contributed by atoms with van der Waals surface area (Å²) in [5, 5.41) is 10.8. The third-order valence-corrected chi connectivity index (χ3v) is 3.61. The second-order valence-corrected chi connectivity index (χ2v) is 5.52. The van der Waals surface area contributed by atoms with Crippen molar-refractivity contribution in [2.24, 2.45) is 0 Å². The van der Waals surface area contributed by atoms with Gasteiger partial charge >= 0.3 is 0 Å². The molecule has 21 heavy (non-hydrogen) atoms. The van der Waals surface area contributed by atoms with Crippen LogP contribution in [0, 0.1) is 0 Å². The second kappa shape index (κ2) is 7.36. The lowest BCUT2D eigenvalue weighted by molar-refractivity contribution is -0.136. The van der Waals surface area contributed by atoms with Gasteiger partial charge in [0.25, 0.3) is 0 Å². The summed E-state index contributed by atoms with van der Waals surface area (Å²) in [6.45, 7) is 0.773. The Morgan fingerprint density at radius 1 is 0.905 bits per heavy atom. The predicted molar refractivity (Wildman–Crippen MR) is 84.9 cm³/mol. The fourth-order valence-corrected chi connectivity index (χ4v) is 2.17. The van der Waals surface area contributed by atoms with Gasteiger partial charge in [0, 0.05) is 6.42 Å². The summed E-state index contributed by atoms with van der Waals surface area (Å²) in [7, 11) is 3.74. The summed E-state index contributed by atoms with van der Waals surface area (Å²) in [6.07, 6.45) is 0.537. The summed E-state index contributed by atoms with van der Waals surface area (Å²) in [4.78, 5) is 1.81. The summed E-state index contributed by atoms with van der Waals surface area (Å²) in [5.41, 5.74) is 1.20. The molecule has 0 aromatic heterocycles. The molecule has 0 aliphatic carbocycles. The van der Waals surface area contributed by atoms with E-state index < -0.39 is 5.72 Å². The van der Waals surface area contributed by atoms with Crippen molar-refractivity contribution in [3.05, 3.63) is 71.8 Å². The molecule has 0 saturated carbocycles. The first-order valence-electron chi connectivity index (χ1n) is 7.15. The molecule has 0 heterocycles. The van der Waals surface area contributed by atoms with E-state index in [1.165, 1.54) is 0 Å². The van der Waals surface area contributed by atoms with Crippen molar-refractivity contribution in [3.8, 4) is 0 Å². The first-order chi connectivity index (χ1) is 10.1. The van der Waals surface area contributed by atoms with E-state index in [1.807, 2.05) is 79.7 Å². The maximum Gasteiger partial charge on any atom is 0.145 e. The van der Waals surface area contributed by atoms with Crippen LogP contribution in [0.15, 0.2) is 60.7 Å². The molecule has 0 bridgehead atoms. The van der Waals surface area contributed by atoms with Gasteiger partial charge in [-0.3, -0.25) is 4.90 Å². The average molecular weight is 285 g/mol. The molecule has 2 rings (SSSR count). The SMILES string of the molecule is CN(C)C(O)(COCc1ccccc1)Cc1ccccc1. The van der Waals surface area contributed by atoms with Crippen molar-refractivity contribution in [1.82, 2.24) is 4.90 Å². The monoisotopic (exact) mass is 285 g/mol. The molecule has 1 atom stereocenters. The number of hydrogen-bond donors (Lipinski definition) is 1. The second-order valence-electron chi connectivity index (χ2n) is 5.52. The number of benzene rings is 2. The van der Waals surface area contributed by atoms with Gasteiger partial charge in [0.15, 0.2) is 0 Å².